The highest BCUT2D eigenvalue weighted by Crippen LogP contribution is 2.17. The Morgan fingerprint density at radius 2 is 2.25 bits per heavy atom. The summed E-state index contributed by atoms with van der Waals surface area (Å²) in [5.74, 6) is -0.211. The Labute approximate surface area is 102 Å². The number of hydrogen-bond acceptors (Lipinski definition) is 3. The third kappa shape index (κ3) is 3.27. The molecule has 2 rings (SSSR count). The van der Waals surface area contributed by atoms with E-state index in [0.717, 1.165) is 10.6 Å². The molecule has 5 heteroatoms. The van der Waals surface area contributed by atoms with Gasteiger partial charge in [-0.15, -0.1) is 11.3 Å². The number of aromatic nitrogens is 1. The van der Waals surface area contributed by atoms with Crippen LogP contribution in [0.15, 0.2) is 30.5 Å². The number of halogens is 2. The topological polar surface area (TPSA) is 24.9 Å². The van der Waals surface area contributed by atoms with Gasteiger partial charge in [-0.1, -0.05) is 23.7 Å². The highest BCUT2D eigenvalue weighted by atomic mass is 35.5. The van der Waals surface area contributed by atoms with Crippen molar-refractivity contribution in [3.8, 4) is 0 Å². The fourth-order valence-electron chi connectivity index (χ4n) is 1.33. The molecule has 1 aromatic heterocycles. The zero-order valence-electron chi connectivity index (χ0n) is 8.41. The van der Waals surface area contributed by atoms with Crippen LogP contribution in [0.3, 0.4) is 0 Å². The standard InChI is InChI=1S/C11H10ClFN2S/c12-10-6-15-11(16-10)7-14-5-8-2-1-3-9(13)4-8/h1-4,6,14H,5,7H2. The molecule has 1 heterocycles. The lowest BCUT2D eigenvalue weighted by Gasteiger charge is -2.02. The van der Waals surface area contributed by atoms with Gasteiger partial charge in [0.15, 0.2) is 0 Å². The summed E-state index contributed by atoms with van der Waals surface area (Å²) < 4.78 is 13.5. The van der Waals surface area contributed by atoms with E-state index in [9.17, 15) is 4.39 Å². The van der Waals surface area contributed by atoms with Crippen LogP contribution in [0.25, 0.3) is 0 Å². The van der Waals surface area contributed by atoms with Crippen LogP contribution < -0.4 is 5.32 Å². The Hall–Kier alpha value is -0.970. The van der Waals surface area contributed by atoms with Gasteiger partial charge in [0.1, 0.15) is 15.2 Å². The first-order chi connectivity index (χ1) is 7.74. The molecule has 2 nitrogen and oxygen atoms in total. The Morgan fingerprint density at radius 3 is 2.94 bits per heavy atom. The van der Waals surface area contributed by atoms with E-state index < -0.39 is 0 Å². The number of benzene rings is 1. The minimum absolute atomic E-state index is 0.211. The van der Waals surface area contributed by atoms with Crippen molar-refractivity contribution in [1.82, 2.24) is 10.3 Å². The minimum atomic E-state index is -0.211. The molecule has 0 spiro atoms. The van der Waals surface area contributed by atoms with Crippen LogP contribution in [0.2, 0.25) is 4.34 Å². The average Bonchev–Trinajstić information content (AvgIpc) is 2.64. The quantitative estimate of drug-likeness (QED) is 0.909. The summed E-state index contributed by atoms with van der Waals surface area (Å²) in [4.78, 5) is 4.11. The van der Waals surface area contributed by atoms with Crippen LogP contribution in [0, 0.1) is 5.82 Å². The van der Waals surface area contributed by atoms with Crippen molar-refractivity contribution in [3.63, 3.8) is 0 Å². The lowest BCUT2D eigenvalue weighted by molar-refractivity contribution is 0.620. The smallest absolute Gasteiger partial charge is 0.123 e. The van der Waals surface area contributed by atoms with Crippen LogP contribution in [-0.4, -0.2) is 4.98 Å². The van der Waals surface area contributed by atoms with E-state index in [1.54, 1.807) is 12.3 Å². The van der Waals surface area contributed by atoms with Gasteiger partial charge in [-0.2, -0.15) is 0 Å². The van der Waals surface area contributed by atoms with Crippen molar-refractivity contribution in [2.24, 2.45) is 0 Å². The molecular formula is C11H10ClFN2S. The molecule has 16 heavy (non-hydrogen) atoms. The van der Waals surface area contributed by atoms with Crippen LogP contribution in [0.5, 0.6) is 0 Å². The Balaban J connectivity index is 1.84. The first-order valence-electron chi connectivity index (χ1n) is 4.79. The van der Waals surface area contributed by atoms with Gasteiger partial charge in [0, 0.05) is 13.1 Å². The number of thiazole rings is 1. The molecule has 1 N–H and O–H groups in total. The molecular weight excluding hydrogens is 247 g/mol. The third-order valence-corrected chi connectivity index (χ3v) is 3.13. The van der Waals surface area contributed by atoms with E-state index >= 15 is 0 Å². The fourth-order valence-corrected chi connectivity index (χ4v) is 2.26. The molecule has 0 amide bonds. The Morgan fingerprint density at radius 1 is 1.38 bits per heavy atom. The predicted molar refractivity (Wildman–Crippen MR) is 64.1 cm³/mol. The van der Waals surface area contributed by atoms with E-state index in [1.807, 2.05) is 6.07 Å². The molecule has 0 unspecified atom stereocenters. The summed E-state index contributed by atoms with van der Waals surface area (Å²) in [6.07, 6.45) is 1.63. The van der Waals surface area contributed by atoms with Crippen LogP contribution in [0.1, 0.15) is 10.6 Å². The summed E-state index contributed by atoms with van der Waals surface area (Å²) in [6, 6.07) is 6.53. The molecule has 1 aromatic carbocycles. The second-order valence-corrected chi connectivity index (χ2v) is 5.04. The molecule has 0 saturated heterocycles. The molecule has 0 radical (unpaired) electrons. The lowest BCUT2D eigenvalue weighted by atomic mass is 10.2. The van der Waals surface area contributed by atoms with Crippen molar-refractivity contribution in [2.45, 2.75) is 13.1 Å². The zero-order chi connectivity index (χ0) is 11.4. The SMILES string of the molecule is Fc1cccc(CNCc2ncc(Cl)s2)c1. The number of nitrogens with zero attached hydrogens (tertiary/aromatic N) is 1. The summed E-state index contributed by atoms with van der Waals surface area (Å²) in [5.41, 5.74) is 0.919. The first-order valence-corrected chi connectivity index (χ1v) is 5.99. The average molecular weight is 257 g/mol. The summed E-state index contributed by atoms with van der Waals surface area (Å²) in [7, 11) is 0. The number of rotatable bonds is 4. The van der Waals surface area contributed by atoms with Gasteiger partial charge in [-0.05, 0) is 17.7 Å². The fraction of sp³-hybridized carbons (Fsp3) is 0.182. The monoisotopic (exact) mass is 256 g/mol. The van der Waals surface area contributed by atoms with Gasteiger partial charge in [0.2, 0.25) is 0 Å². The molecule has 0 aliphatic rings. The normalized spacial score (nSPS) is 10.6. The summed E-state index contributed by atoms with van der Waals surface area (Å²) >= 11 is 7.20. The Kier molecular flexibility index (Phi) is 3.88. The molecule has 0 bridgehead atoms. The molecule has 84 valence electrons. The summed E-state index contributed by atoms with van der Waals surface area (Å²) in [5, 5.41) is 4.11. The van der Waals surface area contributed by atoms with Gasteiger partial charge in [0.25, 0.3) is 0 Å². The second-order valence-electron chi connectivity index (χ2n) is 3.29. The number of hydrogen-bond donors (Lipinski definition) is 1. The highest BCUT2D eigenvalue weighted by molar-refractivity contribution is 7.15. The minimum Gasteiger partial charge on any atom is -0.306 e. The largest absolute Gasteiger partial charge is 0.306 e. The van der Waals surface area contributed by atoms with Crippen LogP contribution in [0.4, 0.5) is 4.39 Å². The van der Waals surface area contributed by atoms with Gasteiger partial charge in [0.05, 0.1) is 6.20 Å². The van der Waals surface area contributed by atoms with E-state index in [4.69, 9.17) is 11.6 Å². The molecule has 0 fully saturated rings. The number of nitrogens with one attached hydrogen (secondary N) is 1. The first kappa shape index (κ1) is 11.5. The van der Waals surface area contributed by atoms with Gasteiger partial charge in [-0.25, -0.2) is 9.37 Å². The maximum atomic E-state index is 12.9. The molecule has 0 atom stereocenters. The van der Waals surface area contributed by atoms with E-state index in [2.05, 4.69) is 10.3 Å². The second kappa shape index (κ2) is 5.39. The van der Waals surface area contributed by atoms with Gasteiger partial charge >= 0.3 is 0 Å². The van der Waals surface area contributed by atoms with E-state index in [-0.39, 0.29) is 5.82 Å². The molecule has 2 aromatic rings. The lowest BCUT2D eigenvalue weighted by Crippen LogP contribution is -2.12. The van der Waals surface area contributed by atoms with Crippen LogP contribution in [-0.2, 0) is 13.1 Å². The third-order valence-electron chi connectivity index (χ3n) is 2.02. The van der Waals surface area contributed by atoms with Crippen molar-refractivity contribution in [2.75, 3.05) is 0 Å². The highest BCUT2D eigenvalue weighted by Gasteiger charge is 1.99. The van der Waals surface area contributed by atoms with Crippen molar-refractivity contribution < 1.29 is 4.39 Å². The van der Waals surface area contributed by atoms with E-state index in [1.165, 1.54) is 23.5 Å². The maximum absolute atomic E-state index is 12.9. The van der Waals surface area contributed by atoms with Gasteiger partial charge < -0.3 is 5.32 Å². The molecule has 0 saturated carbocycles. The van der Waals surface area contributed by atoms with Gasteiger partial charge in [-0.3, -0.25) is 0 Å². The van der Waals surface area contributed by atoms with Crippen molar-refractivity contribution >= 4 is 22.9 Å². The predicted octanol–water partition coefficient (Wildman–Crippen LogP) is 3.23. The van der Waals surface area contributed by atoms with E-state index in [0.29, 0.717) is 17.4 Å². The molecule has 0 aliphatic heterocycles. The zero-order valence-corrected chi connectivity index (χ0v) is 9.98. The van der Waals surface area contributed by atoms with Crippen molar-refractivity contribution in [1.29, 1.82) is 0 Å². The molecule has 0 aliphatic carbocycles. The van der Waals surface area contributed by atoms with Crippen LogP contribution >= 0.6 is 22.9 Å². The summed E-state index contributed by atoms with van der Waals surface area (Å²) in [6.45, 7) is 1.27. The maximum Gasteiger partial charge on any atom is 0.123 e. The Bertz CT molecular complexity index is 473. The van der Waals surface area contributed by atoms with Crippen molar-refractivity contribution in [3.05, 3.63) is 51.2 Å².